The van der Waals surface area contributed by atoms with Crippen molar-refractivity contribution in [1.29, 1.82) is 0 Å². The van der Waals surface area contributed by atoms with Crippen LogP contribution in [0.25, 0.3) is 5.69 Å². The molecule has 0 radical (unpaired) electrons. The number of hydrogen-bond acceptors (Lipinski definition) is 4. The fourth-order valence-electron chi connectivity index (χ4n) is 3.61. The largest absolute Gasteiger partial charge is 0.323 e. The van der Waals surface area contributed by atoms with Crippen LogP contribution in [0, 0.1) is 6.92 Å². The van der Waals surface area contributed by atoms with Gasteiger partial charge in [-0.2, -0.15) is 10.2 Å². The third kappa shape index (κ3) is 5.03. The van der Waals surface area contributed by atoms with Gasteiger partial charge in [0.05, 0.1) is 24.1 Å². The Morgan fingerprint density at radius 1 is 1.10 bits per heavy atom. The molecular formula is C21H27N7O. The number of hydrogen-bond donors (Lipinski definition) is 2. The van der Waals surface area contributed by atoms with Crippen molar-refractivity contribution in [2.45, 2.75) is 32.7 Å². The molecule has 8 heteroatoms. The summed E-state index contributed by atoms with van der Waals surface area (Å²) < 4.78 is 3.67. The molecule has 4 rings (SSSR count). The van der Waals surface area contributed by atoms with Crippen molar-refractivity contribution in [3.63, 3.8) is 0 Å². The van der Waals surface area contributed by atoms with Crippen LogP contribution in [0.1, 0.15) is 24.8 Å². The molecule has 1 saturated heterocycles. The zero-order valence-corrected chi connectivity index (χ0v) is 16.7. The van der Waals surface area contributed by atoms with Crippen LogP contribution in [0.3, 0.4) is 0 Å². The number of carbonyl (C=O) groups excluding carboxylic acids is 1. The zero-order chi connectivity index (χ0) is 20.1. The predicted molar refractivity (Wildman–Crippen MR) is 113 cm³/mol. The third-order valence-corrected chi connectivity index (χ3v) is 5.21. The van der Waals surface area contributed by atoms with E-state index in [1.807, 2.05) is 48.3 Å². The molecule has 0 atom stereocenters. The van der Waals surface area contributed by atoms with Gasteiger partial charge in [-0.15, -0.1) is 0 Å². The summed E-state index contributed by atoms with van der Waals surface area (Å²) in [5, 5.41) is 14.3. The monoisotopic (exact) mass is 393 g/mol. The third-order valence-electron chi connectivity index (χ3n) is 5.21. The van der Waals surface area contributed by atoms with E-state index in [0.29, 0.717) is 5.69 Å². The molecule has 29 heavy (non-hydrogen) atoms. The van der Waals surface area contributed by atoms with Crippen LogP contribution in [-0.2, 0) is 6.54 Å². The molecule has 0 saturated carbocycles. The molecule has 3 heterocycles. The summed E-state index contributed by atoms with van der Waals surface area (Å²) in [7, 11) is 0. The molecule has 152 valence electrons. The first-order valence-corrected chi connectivity index (χ1v) is 10.1. The SMILES string of the molecule is Cc1cc(-n2cccn2)ccc1NC(=O)Nc1cnn(CCN2CCCCC2)c1. The molecule has 0 unspecified atom stereocenters. The Bertz CT molecular complexity index is 942. The number of amides is 2. The normalized spacial score (nSPS) is 14.7. The molecule has 0 aliphatic carbocycles. The summed E-state index contributed by atoms with van der Waals surface area (Å²) in [5.74, 6) is 0. The van der Waals surface area contributed by atoms with Crippen LogP contribution in [0.5, 0.6) is 0 Å². The first kappa shape index (κ1) is 19.2. The van der Waals surface area contributed by atoms with E-state index in [1.54, 1.807) is 17.1 Å². The Balaban J connectivity index is 1.30. The molecule has 3 aromatic rings. The van der Waals surface area contributed by atoms with Crippen molar-refractivity contribution in [2.24, 2.45) is 0 Å². The molecule has 0 spiro atoms. The second-order valence-electron chi connectivity index (χ2n) is 7.42. The Morgan fingerprint density at radius 2 is 1.97 bits per heavy atom. The first-order valence-electron chi connectivity index (χ1n) is 10.1. The predicted octanol–water partition coefficient (Wildman–Crippen LogP) is 3.51. The van der Waals surface area contributed by atoms with E-state index < -0.39 is 0 Å². The maximum Gasteiger partial charge on any atom is 0.323 e. The number of aromatic nitrogens is 4. The van der Waals surface area contributed by atoms with E-state index in [0.717, 1.165) is 30.0 Å². The van der Waals surface area contributed by atoms with E-state index in [2.05, 4.69) is 25.7 Å². The van der Waals surface area contributed by atoms with Gasteiger partial charge in [0.1, 0.15) is 0 Å². The summed E-state index contributed by atoms with van der Waals surface area (Å²) in [6.45, 7) is 6.13. The van der Waals surface area contributed by atoms with Gasteiger partial charge in [-0.05, 0) is 62.7 Å². The van der Waals surface area contributed by atoms with Gasteiger partial charge in [0, 0.05) is 30.8 Å². The Hall–Kier alpha value is -3.13. The fraction of sp³-hybridized carbons (Fsp3) is 0.381. The molecule has 1 aromatic carbocycles. The summed E-state index contributed by atoms with van der Waals surface area (Å²) in [5.41, 5.74) is 3.36. The van der Waals surface area contributed by atoms with Crippen LogP contribution in [0.15, 0.2) is 49.1 Å². The minimum absolute atomic E-state index is 0.282. The van der Waals surface area contributed by atoms with Crippen molar-refractivity contribution in [3.8, 4) is 5.69 Å². The number of nitrogens with zero attached hydrogens (tertiary/aromatic N) is 5. The average Bonchev–Trinajstić information content (AvgIpc) is 3.41. The number of piperidine rings is 1. The minimum Gasteiger partial charge on any atom is -0.307 e. The number of likely N-dealkylation sites (tertiary alicyclic amines) is 1. The highest BCUT2D eigenvalue weighted by Crippen LogP contribution is 2.19. The van der Waals surface area contributed by atoms with E-state index in [-0.39, 0.29) is 6.03 Å². The van der Waals surface area contributed by atoms with Gasteiger partial charge >= 0.3 is 6.03 Å². The van der Waals surface area contributed by atoms with Crippen LogP contribution in [-0.4, -0.2) is 50.1 Å². The van der Waals surface area contributed by atoms with Gasteiger partial charge < -0.3 is 15.5 Å². The van der Waals surface area contributed by atoms with E-state index in [4.69, 9.17) is 0 Å². The summed E-state index contributed by atoms with van der Waals surface area (Å²) in [4.78, 5) is 14.8. The van der Waals surface area contributed by atoms with Gasteiger partial charge in [-0.25, -0.2) is 9.48 Å². The van der Waals surface area contributed by atoms with Gasteiger partial charge in [-0.3, -0.25) is 4.68 Å². The second kappa shape index (κ2) is 8.91. The highest BCUT2D eigenvalue weighted by molar-refractivity contribution is 6.00. The highest BCUT2D eigenvalue weighted by atomic mass is 16.2. The number of rotatable bonds is 6. The molecule has 1 aliphatic rings. The fourth-order valence-corrected chi connectivity index (χ4v) is 3.61. The highest BCUT2D eigenvalue weighted by Gasteiger charge is 2.11. The van der Waals surface area contributed by atoms with E-state index in [1.165, 1.54) is 32.4 Å². The zero-order valence-electron chi connectivity index (χ0n) is 16.7. The molecule has 2 N–H and O–H groups in total. The minimum atomic E-state index is -0.282. The van der Waals surface area contributed by atoms with Crippen LogP contribution >= 0.6 is 0 Å². The standard InChI is InChI=1S/C21H27N7O/c1-17-14-19(28-11-5-8-22-28)6-7-20(17)25-21(29)24-18-15-23-27(16-18)13-12-26-9-3-2-4-10-26/h5-8,11,14-16H,2-4,9-10,12-13H2,1H3,(H2,24,25,29). The van der Waals surface area contributed by atoms with E-state index >= 15 is 0 Å². The Kier molecular flexibility index (Phi) is 5.90. The molecule has 1 fully saturated rings. The van der Waals surface area contributed by atoms with Gasteiger partial charge in [-0.1, -0.05) is 6.42 Å². The number of anilines is 2. The number of carbonyl (C=O) groups is 1. The van der Waals surface area contributed by atoms with Gasteiger partial charge in [0.15, 0.2) is 0 Å². The lowest BCUT2D eigenvalue weighted by molar-refractivity contribution is 0.218. The van der Waals surface area contributed by atoms with Crippen molar-refractivity contribution >= 4 is 17.4 Å². The Morgan fingerprint density at radius 3 is 2.72 bits per heavy atom. The molecule has 2 aromatic heterocycles. The van der Waals surface area contributed by atoms with Crippen LogP contribution in [0.2, 0.25) is 0 Å². The second-order valence-corrected chi connectivity index (χ2v) is 7.42. The molecule has 8 nitrogen and oxygen atoms in total. The number of aryl methyl sites for hydroxylation is 1. The van der Waals surface area contributed by atoms with Crippen molar-refractivity contribution < 1.29 is 4.79 Å². The van der Waals surface area contributed by atoms with Crippen molar-refractivity contribution in [1.82, 2.24) is 24.5 Å². The van der Waals surface area contributed by atoms with Crippen molar-refractivity contribution in [3.05, 3.63) is 54.6 Å². The quantitative estimate of drug-likeness (QED) is 0.672. The molecule has 2 amide bonds. The number of urea groups is 1. The lowest BCUT2D eigenvalue weighted by Gasteiger charge is -2.26. The lowest BCUT2D eigenvalue weighted by Crippen LogP contribution is -2.32. The molecule has 0 bridgehead atoms. The van der Waals surface area contributed by atoms with Crippen molar-refractivity contribution in [2.75, 3.05) is 30.3 Å². The summed E-state index contributed by atoms with van der Waals surface area (Å²) in [6.07, 6.45) is 11.1. The first-order chi connectivity index (χ1) is 14.2. The average molecular weight is 393 g/mol. The van der Waals surface area contributed by atoms with Crippen LogP contribution < -0.4 is 10.6 Å². The van der Waals surface area contributed by atoms with E-state index in [9.17, 15) is 4.79 Å². The molecule has 1 aliphatic heterocycles. The smallest absolute Gasteiger partial charge is 0.307 e. The molecular weight excluding hydrogens is 366 g/mol. The number of nitrogens with one attached hydrogen (secondary N) is 2. The Labute approximate surface area is 170 Å². The van der Waals surface area contributed by atoms with Gasteiger partial charge in [0.25, 0.3) is 0 Å². The number of benzene rings is 1. The van der Waals surface area contributed by atoms with Gasteiger partial charge in [0.2, 0.25) is 0 Å². The maximum absolute atomic E-state index is 12.4. The maximum atomic E-state index is 12.4. The van der Waals surface area contributed by atoms with Crippen LogP contribution in [0.4, 0.5) is 16.2 Å². The lowest BCUT2D eigenvalue weighted by atomic mass is 10.1. The summed E-state index contributed by atoms with van der Waals surface area (Å²) >= 11 is 0. The topological polar surface area (TPSA) is 80.0 Å². The summed E-state index contributed by atoms with van der Waals surface area (Å²) in [6, 6.07) is 7.39.